The van der Waals surface area contributed by atoms with Crippen molar-refractivity contribution in [2.45, 2.75) is 45.1 Å². The summed E-state index contributed by atoms with van der Waals surface area (Å²) in [4.78, 5) is 24.6. The summed E-state index contributed by atoms with van der Waals surface area (Å²) in [5.41, 5.74) is 0. The third-order valence-electron chi connectivity index (χ3n) is 3.24. The van der Waals surface area contributed by atoms with Gasteiger partial charge in [-0.2, -0.15) is 0 Å². The van der Waals surface area contributed by atoms with E-state index in [9.17, 15) is 9.59 Å². The molecule has 104 valence electrons. The van der Waals surface area contributed by atoms with Gasteiger partial charge >= 0.3 is 5.97 Å². The van der Waals surface area contributed by atoms with Gasteiger partial charge in [-0.25, -0.2) is 0 Å². The maximum absolute atomic E-state index is 11.9. The van der Waals surface area contributed by atoms with Crippen LogP contribution in [0.5, 0.6) is 0 Å². The van der Waals surface area contributed by atoms with Gasteiger partial charge < -0.3 is 14.4 Å². The van der Waals surface area contributed by atoms with Crippen molar-refractivity contribution in [1.29, 1.82) is 0 Å². The summed E-state index contributed by atoms with van der Waals surface area (Å²) in [6.07, 6.45) is 4.73. The number of carbonyl (C=O) groups excluding carboxylic acids is 2. The van der Waals surface area contributed by atoms with E-state index in [2.05, 4.69) is 4.74 Å². The van der Waals surface area contributed by atoms with E-state index in [4.69, 9.17) is 4.74 Å². The van der Waals surface area contributed by atoms with Gasteiger partial charge in [-0.15, -0.1) is 0 Å². The molecule has 0 bridgehead atoms. The highest BCUT2D eigenvalue weighted by atomic mass is 16.5. The molecule has 1 saturated heterocycles. The molecule has 0 aromatic heterocycles. The van der Waals surface area contributed by atoms with E-state index in [1.54, 1.807) is 0 Å². The number of amides is 1. The number of methoxy groups -OCH3 is 1. The molecule has 1 amide bonds. The van der Waals surface area contributed by atoms with Crippen LogP contribution in [0.1, 0.15) is 39.0 Å². The lowest BCUT2D eigenvalue weighted by Crippen LogP contribution is -2.36. The van der Waals surface area contributed by atoms with E-state index in [-0.39, 0.29) is 24.5 Å². The molecule has 1 aliphatic heterocycles. The quantitative estimate of drug-likeness (QED) is 0.674. The minimum Gasteiger partial charge on any atom is -0.468 e. The largest absolute Gasteiger partial charge is 0.468 e. The molecule has 0 saturated carbocycles. The molecular formula is C13H23NO4. The first-order valence-electron chi connectivity index (χ1n) is 6.63. The maximum atomic E-state index is 11.9. The predicted molar refractivity (Wildman–Crippen MR) is 67.1 cm³/mol. The van der Waals surface area contributed by atoms with Gasteiger partial charge in [0.25, 0.3) is 0 Å². The first-order chi connectivity index (χ1) is 8.67. The first-order valence-corrected chi connectivity index (χ1v) is 6.63. The smallest absolute Gasteiger partial charge is 0.325 e. The topological polar surface area (TPSA) is 55.8 Å². The van der Waals surface area contributed by atoms with Crippen LogP contribution in [-0.4, -0.2) is 49.7 Å². The lowest BCUT2D eigenvalue weighted by molar-refractivity contribution is -0.147. The molecule has 0 aliphatic carbocycles. The van der Waals surface area contributed by atoms with Crippen LogP contribution in [-0.2, 0) is 19.1 Å². The van der Waals surface area contributed by atoms with Crippen molar-refractivity contribution < 1.29 is 19.1 Å². The van der Waals surface area contributed by atoms with Crippen molar-refractivity contribution >= 4 is 11.9 Å². The Bertz CT molecular complexity index is 274. The summed E-state index contributed by atoms with van der Waals surface area (Å²) < 4.78 is 10.2. The molecule has 0 spiro atoms. The third-order valence-corrected chi connectivity index (χ3v) is 3.24. The fourth-order valence-electron chi connectivity index (χ4n) is 2.07. The third kappa shape index (κ3) is 5.04. The van der Waals surface area contributed by atoms with Crippen LogP contribution < -0.4 is 0 Å². The van der Waals surface area contributed by atoms with Crippen LogP contribution >= 0.6 is 0 Å². The zero-order valence-electron chi connectivity index (χ0n) is 11.3. The van der Waals surface area contributed by atoms with Crippen LogP contribution in [0.15, 0.2) is 0 Å². The Balaban J connectivity index is 2.30. The summed E-state index contributed by atoms with van der Waals surface area (Å²) in [7, 11) is 1.33. The number of nitrogens with zero attached hydrogens (tertiary/aromatic N) is 1. The highest BCUT2D eigenvalue weighted by molar-refractivity contribution is 5.81. The molecule has 1 aliphatic rings. The van der Waals surface area contributed by atoms with E-state index in [1.807, 2.05) is 6.92 Å². The van der Waals surface area contributed by atoms with Crippen LogP contribution in [0.2, 0.25) is 0 Å². The van der Waals surface area contributed by atoms with Crippen LogP contribution in [0.25, 0.3) is 0 Å². The highest BCUT2D eigenvalue weighted by Crippen LogP contribution is 2.17. The molecule has 1 unspecified atom stereocenters. The summed E-state index contributed by atoms with van der Waals surface area (Å²) in [6, 6.07) is 0. The van der Waals surface area contributed by atoms with Gasteiger partial charge in [0.1, 0.15) is 6.54 Å². The number of rotatable bonds is 6. The molecule has 1 heterocycles. The molecule has 5 nitrogen and oxygen atoms in total. The minimum absolute atomic E-state index is 0.00271. The molecule has 0 radical (unpaired) electrons. The molecule has 5 heteroatoms. The molecular weight excluding hydrogens is 234 g/mol. The number of hydrogen-bond donors (Lipinski definition) is 0. The Kier molecular flexibility index (Phi) is 6.72. The van der Waals surface area contributed by atoms with Crippen molar-refractivity contribution in [3.63, 3.8) is 0 Å². The summed E-state index contributed by atoms with van der Waals surface area (Å²) in [6.45, 7) is 3.23. The second-order valence-corrected chi connectivity index (χ2v) is 4.51. The monoisotopic (exact) mass is 257 g/mol. The van der Waals surface area contributed by atoms with E-state index in [1.165, 1.54) is 18.4 Å². The fraction of sp³-hybridized carbons (Fsp3) is 0.846. The zero-order valence-corrected chi connectivity index (χ0v) is 11.3. The van der Waals surface area contributed by atoms with E-state index in [0.717, 1.165) is 25.9 Å². The molecule has 0 N–H and O–H groups in total. The Morgan fingerprint density at radius 2 is 2.17 bits per heavy atom. The van der Waals surface area contributed by atoms with E-state index < -0.39 is 0 Å². The van der Waals surface area contributed by atoms with Crippen molar-refractivity contribution in [1.82, 2.24) is 4.90 Å². The standard InChI is InChI=1S/C13H23NO4/c1-3-14(10-13(16)17-2)12(15)8-7-11-6-4-5-9-18-11/h11H,3-10H2,1-2H3. The Morgan fingerprint density at radius 1 is 1.39 bits per heavy atom. The lowest BCUT2D eigenvalue weighted by Gasteiger charge is -2.24. The van der Waals surface area contributed by atoms with Crippen molar-refractivity contribution in [3.8, 4) is 0 Å². The van der Waals surface area contributed by atoms with Gasteiger partial charge in [0.2, 0.25) is 5.91 Å². The lowest BCUT2D eigenvalue weighted by atomic mass is 10.0. The molecule has 18 heavy (non-hydrogen) atoms. The first kappa shape index (κ1) is 15.0. The molecule has 1 atom stereocenters. The Labute approximate surface area is 108 Å². The van der Waals surface area contributed by atoms with Gasteiger partial charge in [-0.1, -0.05) is 0 Å². The van der Waals surface area contributed by atoms with E-state index in [0.29, 0.717) is 13.0 Å². The number of carbonyl (C=O) groups is 2. The van der Waals surface area contributed by atoms with Gasteiger partial charge in [-0.05, 0) is 32.6 Å². The summed E-state index contributed by atoms with van der Waals surface area (Å²) >= 11 is 0. The second-order valence-electron chi connectivity index (χ2n) is 4.51. The average Bonchev–Trinajstić information content (AvgIpc) is 2.42. The van der Waals surface area contributed by atoms with Gasteiger partial charge in [0, 0.05) is 19.6 Å². The predicted octanol–water partition coefficient (Wildman–Crippen LogP) is 1.36. The zero-order chi connectivity index (χ0) is 13.4. The summed E-state index contributed by atoms with van der Waals surface area (Å²) in [5.74, 6) is -0.379. The number of hydrogen-bond acceptors (Lipinski definition) is 4. The molecule has 0 aromatic carbocycles. The second kappa shape index (κ2) is 8.08. The molecule has 1 fully saturated rings. The fourth-order valence-corrected chi connectivity index (χ4v) is 2.07. The molecule has 1 rings (SSSR count). The number of ether oxygens (including phenoxy) is 2. The van der Waals surface area contributed by atoms with Gasteiger partial charge in [0.05, 0.1) is 13.2 Å². The van der Waals surface area contributed by atoms with Gasteiger partial charge in [0.15, 0.2) is 0 Å². The van der Waals surface area contributed by atoms with Crippen LogP contribution in [0.3, 0.4) is 0 Å². The van der Waals surface area contributed by atoms with Crippen molar-refractivity contribution in [3.05, 3.63) is 0 Å². The van der Waals surface area contributed by atoms with Crippen LogP contribution in [0, 0.1) is 0 Å². The highest BCUT2D eigenvalue weighted by Gasteiger charge is 2.19. The molecule has 0 aromatic rings. The van der Waals surface area contributed by atoms with Crippen molar-refractivity contribution in [2.24, 2.45) is 0 Å². The number of esters is 1. The van der Waals surface area contributed by atoms with Crippen molar-refractivity contribution in [2.75, 3.05) is 26.8 Å². The van der Waals surface area contributed by atoms with E-state index >= 15 is 0 Å². The van der Waals surface area contributed by atoms with Gasteiger partial charge in [-0.3, -0.25) is 9.59 Å². The minimum atomic E-state index is -0.376. The normalized spacial score (nSPS) is 19.3. The summed E-state index contributed by atoms with van der Waals surface area (Å²) in [5, 5.41) is 0. The SMILES string of the molecule is CCN(CC(=O)OC)C(=O)CCC1CCCCO1. The van der Waals surface area contributed by atoms with Crippen LogP contribution in [0.4, 0.5) is 0 Å². The number of likely N-dealkylation sites (N-methyl/N-ethyl adjacent to an activating group) is 1. The Hall–Kier alpha value is -1.10. The average molecular weight is 257 g/mol. The maximum Gasteiger partial charge on any atom is 0.325 e. The Morgan fingerprint density at radius 3 is 2.72 bits per heavy atom.